The second-order valence-corrected chi connectivity index (χ2v) is 5.06. The van der Waals surface area contributed by atoms with Crippen molar-refractivity contribution in [3.8, 4) is 5.75 Å². The van der Waals surface area contributed by atoms with Gasteiger partial charge in [0.05, 0.1) is 0 Å². The molecule has 0 aliphatic heterocycles. The number of carbonyl (C=O) groups excluding carboxylic acids is 1. The third kappa shape index (κ3) is 2.42. The normalized spacial score (nSPS) is 17.4. The predicted octanol–water partition coefficient (Wildman–Crippen LogP) is 1.93. The molecule has 1 amide bonds. The van der Waals surface area contributed by atoms with Crippen LogP contribution in [0.15, 0.2) is 24.3 Å². The minimum atomic E-state index is -0.801. The van der Waals surface area contributed by atoms with Crippen molar-refractivity contribution in [2.45, 2.75) is 31.3 Å². The molecule has 0 unspecified atom stereocenters. The van der Waals surface area contributed by atoms with Crippen LogP contribution in [0.4, 0.5) is 5.69 Å². The van der Waals surface area contributed by atoms with Gasteiger partial charge in [0.2, 0.25) is 0 Å². The van der Waals surface area contributed by atoms with E-state index in [2.05, 4.69) is 0 Å². The number of primary amides is 1. The summed E-state index contributed by atoms with van der Waals surface area (Å²) in [5, 5.41) is 0. The van der Waals surface area contributed by atoms with Gasteiger partial charge in [-0.3, -0.25) is 4.79 Å². The fourth-order valence-corrected chi connectivity index (χ4v) is 2.40. The average molecular weight is 248 g/mol. The number of carbonyl (C=O) groups is 1. The minimum Gasteiger partial charge on any atom is -0.477 e. The molecule has 2 rings (SSSR count). The third-order valence-electron chi connectivity index (χ3n) is 3.51. The maximum atomic E-state index is 11.6. The molecule has 98 valence electrons. The van der Waals surface area contributed by atoms with E-state index in [0.717, 1.165) is 18.5 Å². The van der Waals surface area contributed by atoms with Crippen molar-refractivity contribution >= 4 is 11.6 Å². The number of hydrogen-bond donors (Lipinski definition) is 1. The standard InChI is InChI=1S/C14H20N2O2/c1-16(2)11-6-5-7-12(10-11)18-14(13(15)17)8-3-4-9-14/h5-7,10H,3-4,8-9H2,1-2H3,(H2,15,17). The third-order valence-corrected chi connectivity index (χ3v) is 3.51. The number of nitrogens with zero attached hydrogens (tertiary/aromatic N) is 1. The molecule has 1 saturated carbocycles. The molecular formula is C14H20N2O2. The Morgan fingerprint density at radius 3 is 2.56 bits per heavy atom. The number of rotatable bonds is 4. The first-order valence-electron chi connectivity index (χ1n) is 6.30. The zero-order valence-electron chi connectivity index (χ0n) is 11.0. The molecule has 1 fully saturated rings. The molecule has 0 heterocycles. The molecule has 0 aromatic heterocycles. The molecular weight excluding hydrogens is 228 g/mol. The second kappa shape index (κ2) is 4.88. The van der Waals surface area contributed by atoms with Crippen LogP contribution < -0.4 is 15.4 Å². The summed E-state index contributed by atoms with van der Waals surface area (Å²) in [5.41, 5.74) is 5.75. The van der Waals surface area contributed by atoms with Gasteiger partial charge < -0.3 is 15.4 Å². The number of ether oxygens (including phenoxy) is 1. The molecule has 18 heavy (non-hydrogen) atoms. The molecule has 0 atom stereocenters. The highest BCUT2D eigenvalue weighted by molar-refractivity contribution is 5.84. The van der Waals surface area contributed by atoms with Crippen LogP contribution in [0.5, 0.6) is 5.75 Å². The fourth-order valence-electron chi connectivity index (χ4n) is 2.40. The maximum Gasteiger partial charge on any atom is 0.261 e. The molecule has 0 bridgehead atoms. The lowest BCUT2D eigenvalue weighted by Crippen LogP contribution is -2.46. The Kier molecular flexibility index (Phi) is 3.45. The molecule has 1 aromatic rings. The highest BCUT2D eigenvalue weighted by atomic mass is 16.5. The highest BCUT2D eigenvalue weighted by Crippen LogP contribution is 2.35. The van der Waals surface area contributed by atoms with E-state index in [9.17, 15) is 4.79 Å². The quantitative estimate of drug-likeness (QED) is 0.885. The van der Waals surface area contributed by atoms with Crippen LogP contribution >= 0.6 is 0 Å². The van der Waals surface area contributed by atoms with Crippen molar-refractivity contribution in [1.82, 2.24) is 0 Å². The summed E-state index contributed by atoms with van der Waals surface area (Å²) in [7, 11) is 3.94. The van der Waals surface area contributed by atoms with Gasteiger partial charge in [-0.2, -0.15) is 0 Å². The van der Waals surface area contributed by atoms with E-state index >= 15 is 0 Å². The largest absolute Gasteiger partial charge is 0.477 e. The zero-order chi connectivity index (χ0) is 13.2. The van der Waals surface area contributed by atoms with Crippen molar-refractivity contribution in [3.63, 3.8) is 0 Å². The number of anilines is 1. The number of hydrogen-bond acceptors (Lipinski definition) is 3. The molecule has 4 heteroatoms. The van der Waals surface area contributed by atoms with Crippen LogP contribution in [0, 0.1) is 0 Å². The van der Waals surface area contributed by atoms with Crippen LogP contribution in [0.3, 0.4) is 0 Å². The van der Waals surface area contributed by atoms with E-state index in [0.29, 0.717) is 18.6 Å². The van der Waals surface area contributed by atoms with Crippen molar-refractivity contribution < 1.29 is 9.53 Å². The van der Waals surface area contributed by atoms with E-state index in [1.54, 1.807) is 0 Å². The topological polar surface area (TPSA) is 55.6 Å². The summed E-state index contributed by atoms with van der Waals surface area (Å²) < 4.78 is 5.91. The molecule has 4 nitrogen and oxygen atoms in total. The molecule has 1 aromatic carbocycles. The van der Waals surface area contributed by atoms with E-state index in [1.165, 1.54) is 0 Å². The first-order chi connectivity index (χ1) is 8.53. The summed E-state index contributed by atoms with van der Waals surface area (Å²) in [6.45, 7) is 0. The lowest BCUT2D eigenvalue weighted by atomic mass is 10.0. The number of benzene rings is 1. The molecule has 1 aliphatic rings. The Balaban J connectivity index is 2.22. The Hall–Kier alpha value is -1.71. The van der Waals surface area contributed by atoms with Crippen molar-refractivity contribution in [3.05, 3.63) is 24.3 Å². The maximum absolute atomic E-state index is 11.6. The van der Waals surface area contributed by atoms with Crippen LogP contribution in [-0.4, -0.2) is 25.6 Å². The molecule has 2 N–H and O–H groups in total. The number of nitrogens with two attached hydrogens (primary N) is 1. The molecule has 0 spiro atoms. The van der Waals surface area contributed by atoms with Gasteiger partial charge >= 0.3 is 0 Å². The lowest BCUT2D eigenvalue weighted by Gasteiger charge is -2.27. The van der Waals surface area contributed by atoms with E-state index in [4.69, 9.17) is 10.5 Å². The first-order valence-corrected chi connectivity index (χ1v) is 6.30. The van der Waals surface area contributed by atoms with Crippen molar-refractivity contribution in [2.24, 2.45) is 5.73 Å². The molecule has 0 radical (unpaired) electrons. The lowest BCUT2D eigenvalue weighted by molar-refractivity contribution is -0.132. The molecule has 0 saturated heterocycles. The van der Waals surface area contributed by atoms with Gasteiger partial charge in [-0.05, 0) is 37.8 Å². The summed E-state index contributed by atoms with van der Waals surface area (Å²) in [4.78, 5) is 13.6. The van der Waals surface area contributed by atoms with Gasteiger partial charge in [0.25, 0.3) is 5.91 Å². The smallest absolute Gasteiger partial charge is 0.261 e. The summed E-state index contributed by atoms with van der Waals surface area (Å²) in [6.07, 6.45) is 3.43. The zero-order valence-corrected chi connectivity index (χ0v) is 11.0. The van der Waals surface area contributed by atoms with E-state index in [1.807, 2.05) is 43.3 Å². The van der Waals surface area contributed by atoms with Gasteiger partial charge in [-0.1, -0.05) is 6.07 Å². The van der Waals surface area contributed by atoms with Crippen molar-refractivity contribution in [2.75, 3.05) is 19.0 Å². The van der Waals surface area contributed by atoms with Crippen LogP contribution in [0.2, 0.25) is 0 Å². The highest BCUT2D eigenvalue weighted by Gasteiger charge is 2.42. The Morgan fingerprint density at radius 2 is 2.00 bits per heavy atom. The van der Waals surface area contributed by atoms with Crippen molar-refractivity contribution in [1.29, 1.82) is 0 Å². The Bertz CT molecular complexity index is 437. The van der Waals surface area contributed by atoms with E-state index < -0.39 is 5.60 Å². The number of amides is 1. The average Bonchev–Trinajstić information content (AvgIpc) is 2.79. The van der Waals surface area contributed by atoms with Gasteiger partial charge in [0.1, 0.15) is 5.75 Å². The summed E-state index contributed by atoms with van der Waals surface area (Å²) in [5.74, 6) is 0.358. The van der Waals surface area contributed by atoms with Gasteiger partial charge in [-0.15, -0.1) is 0 Å². The monoisotopic (exact) mass is 248 g/mol. The fraction of sp³-hybridized carbons (Fsp3) is 0.500. The van der Waals surface area contributed by atoms with Gasteiger partial charge in [-0.25, -0.2) is 0 Å². The van der Waals surface area contributed by atoms with E-state index in [-0.39, 0.29) is 5.91 Å². The minimum absolute atomic E-state index is 0.352. The van der Waals surface area contributed by atoms with Crippen LogP contribution in [0.1, 0.15) is 25.7 Å². The van der Waals surface area contributed by atoms with Gasteiger partial charge in [0.15, 0.2) is 5.60 Å². The predicted molar refractivity (Wildman–Crippen MR) is 71.8 cm³/mol. The SMILES string of the molecule is CN(C)c1cccc(OC2(C(N)=O)CCCC2)c1. The Morgan fingerprint density at radius 1 is 1.33 bits per heavy atom. The molecule has 1 aliphatic carbocycles. The summed E-state index contributed by atoms with van der Waals surface area (Å²) in [6, 6.07) is 7.73. The van der Waals surface area contributed by atoms with Crippen LogP contribution in [-0.2, 0) is 4.79 Å². The van der Waals surface area contributed by atoms with Crippen LogP contribution in [0.25, 0.3) is 0 Å². The second-order valence-electron chi connectivity index (χ2n) is 5.06. The van der Waals surface area contributed by atoms with Gasteiger partial charge in [0, 0.05) is 25.8 Å². The first kappa shape index (κ1) is 12.7. The summed E-state index contributed by atoms with van der Waals surface area (Å²) >= 11 is 0. The Labute approximate surface area is 108 Å².